The van der Waals surface area contributed by atoms with Crippen LogP contribution >= 0.6 is 11.3 Å². The van der Waals surface area contributed by atoms with Crippen LogP contribution in [-0.4, -0.2) is 18.4 Å². The average molecular weight is 415 g/mol. The van der Waals surface area contributed by atoms with Gasteiger partial charge in [0.2, 0.25) is 5.91 Å². The highest BCUT2D eigenvalue weighted by atomic mass is 32.1. The standard InChI is InChI=1S/C23H30N2O3S/c1-4-23(2,3)15-10-12-16(13-11-15)28-14-6-9-19(26)25-22-20(21(24)27)17-7-5-8-18(17)29-22/h10-13H,4-9,14H2,1-3H3,(H2,24,27)(H,25,26). The van der Waals surface area contributed by atoms with Gasteiger partial charge in [0.15, 0.2) is 0 Å². The molecule has 0 unspecified atom stereocenters. The molecule has 0 atom stereocenters. The molecule has 3 rings (SSSR count). The lowest BCUT2D eigenvalue weighted by molar-refractivity contribution is -0.116. The van der Waals surface area contributed by atoms with E-state index in [1.54, 1.807) is 0 Å². The first-order valence-electron chi connectivity index (χ1n) is 10.3. The van der Waals surface area contributed by atoms with Gasteiger partial charge in [0.05, 0.1) is 12.2 Å². The molecule has 6 heteroatoms. The van der Waals surface area contributed by atoms with E-state index >= 15 is 0 Å². The Morgan fingerprint density at radius 1 is 1.21 bits per heavy atom. The van der Waals surface area contributed by atoms with Gasteiger partial charge in [-0.2, -0.15) is 0 Å². The normalized spacial score (nSPS) is 13.2. The summed E-state index contributed by atoms with van der Waals surface area (Å²) >= 11 is 1.48. The first-order chi connectivity index (χ1) is 13.8. The number of hydrogen-bond acceptors (Lipinski definition) is 4. The number of anilines is 1. The Hall–Kier alpha value is -2.34. The molecule has 1 aliphatic carbocycles. The maximum atomic E-state index is 12.3. The molecular weight excluding hydrogens is 384 g/mol. The molecule has 0 bridgehead atoms. The van der Waals surface area contributed by atoms with Crippen molar-refractivity contribution in [2.24, 2.45) is 5.73 Å². The Kier molecular flexibility index (Phi) is 6.63. The molecular formula is C23H30N2O3S. The number of thiophene rings is 1. The van der Waals surface area contributed by atoms with Crippen molar-refractivity contribution in [2.45, 2.75) is 64.7 Å². The summed E-state index contributed by atoms with van der Waals surface area (Å²) in [5.41, 5.74) is 8.51. The number of ether oxygens (including phenoxy) is 1. The van der Waals surface area contributed by atoms with Crippen LogP contribution < -0.4 is 15.8 Å². The van der Waals surface area contributed by atoms with Crippen molar-refractivity contribution in [3.8, 4) is 5.75 Å². The average Bonchev–Trinajstić information content (AvgIpc) is 3.26. The predicted octanol–water partition coefficient (Wildman–Crippen LogP) is 4.82. The second-order valence-electron chi connectivity index (χ2n) is 8.19. The fraction of sp³-hybridized carbons (Fsp3) is 0.478. The predicted molar refractivity (Wildman–Crippen MR) is 118 cm³/mol. The molecule has 29 heavy (non-hydrogen) atoms. The third-order valence-electron chi connectivity index (χ3n) is 5.76. The van der Waals surface area contributed by atoms with Crippen LogP contribution in [0.5, 0.6) is 5.75 Å². The summed E-state index contributed by atoms with van der Waals surface area (Å²) in [6.07, 6.45) is 4.88. The number of benzene rings is 1. The monoisotopic (exact) mass is 414 g/mol. The first-order valence-corrected chi connectivity index (χ1v) is 11.1. The highest BCUT2D eigenvalue weighted by Crippen LogP contribution is 2.38. The van der Waals surface area contributed by atoms with E-state index in [-0.39, 0.29) is 11.3 Å². The fourth-order valence-corrected chi connectivity index (χ4v) is 4.88. The topological polar surface area (TPSA) is 81.4 Å². The van der Waals surface area contributed by atoms with E-state index in [4.69, 9.17) is 10.5 Å². The maximum absolute atomic E-state index is 12.3. The zero-order valence-electron chi connectivity index (χ0n) is 17.5. The number of aryl methyl sites for hydroxylation is 1. The van der Waals surface area contributed by atoms with E-state index in [1.807, 2.05) is 12.1 Å². The molecule has 1 aromatic carbocycles. The molecule has 1 heterocycles. The summed E-state index contributed by atoms with van der Waals surface area (Å²) in [4.78, 5) is 25.3. The van der Waals surface area contributed by atoms with Gasteiger partial charge in [-0.25, -0.2) is 0 Å². The highest BCUT2D eigenvalue weighted by molar-refractivity contribution is 7.17. The highest BCUT2D eigenvalue weighted by Gasteiger charge is 2.26. The van der Waals surface area contributed by atoms with Gasteiger partial charge in [0.1, 0.15) is 10.8 Å². The Morgan fingerprint density at radius 3 is 2.59 bits per heavy atom. The molecule has 2 aromatic rings. The summed E-state index contributed by atoms with van der Waals surface area (Å²) < 4.78 is 5.77. The first kappa shape index (κ1) is 21.4. The second kappa shape index (κ2) is 8.99. The molecule has 2 amide bonds. The van der Waals surface area contributed by atoms with Crippen LogP contribution in [0, 0.1) is 0 Å². The van der Waals surface area contributed by atoms with Crippen molar-refractivity contribution < 1.29 is 14.3 Å². The molecule has 0 aliphatic heterocycles. The van der Waals surface area contributed by atoms with Crippen molar-refractivity contribution in [1.29, 1.82) is 0 Å². The van der Waals surface area contributed by atoms with Crippen molar-refractivity contribution in [3.63, 3.8) is 0 Å². The number of nitrogens with two attached hydrogens (primary N) is 1. The molecule has 0 radical (unpaired) electrons. The number of fused-ring (bicyclic) bond motifs is 1. The molecule has 5 nitrogen and oxygen atoms in total. The molecule has 0 fully saturated rings. The number of rotatable bonds is 9. The maximum Gasteiger partial charge on any atom is 0.251 e. The molecule has 3 N–H and O–H groups in total. The molecule has 0 saturated heterocycles. The van der Waals surface area contributed by atoms with Crippen LogP contribution in [0.25, 0.3) is 0 Å². The van der Waals surface area contributed by atoms with Crippen molar-refractivity contribution in [3.05, 3.63) is 45.8 Å². The summed E-state index contributed by atoms with van der Waals surface area (Å²) in [7, 11) is 0. The van der Waals surface area contributed by atoms with Gasteiger partial charge in [-0.15, -0.1) is 11.3 Å². The number of primary amides is 1. The Balaban J connectivity index is 1.47. The lowest BCUT2D eigenvalue weighted by atomic mass is 9.82. The minimum absolute atomic E-state index is 0.115. The lowest BCUT2D eigenvalue weighted by Crippen LogP contribution is -2.18. The fourth-order valence-electron chi connectivity index (χ4n) is 3.57. The number of carbonyl (C=O) groups excluding carboxylic acids is 2. The number of hydrogen-bond donors (Lipinski definition) is 2. The largest absolute Gasteiger partial charge is 0.494 e. The van der Waals surface area contributed by atoms with Gasteiger partial charge in [-0.3, -0.25) is 9.59 Å². The van der Waals surface area contributed by atoms with Gasteiger partial charge in [-0.05, 0) is 60.8 Å². The smallest absolute Gasteiger partial charge is 0.251 e. The SMILES string of the molecule is CCC(C)(C)c1ccc(OCCCC(=O)Nc2sc3c(c2C(N)=O)CCC3)cc1. The molecule has 0 spiro atoms. The van der Waals surface area contributed by atoms with Crippen LogP contribution in [0.15, 0.2) is 24.3 Å². The van der Waals surface area contributed by atoms with E-state index in [0.717, 1.165) is 37.0 Å². The Bertz CT molecular complexity index is 884. The number of nitrogens with one attached hydrogen (secondary N) is 1. The van der Waals surface area contributed by atoms with E-state index < -0.39 is 5.91 Å². The van der Waals surface area contributed by atoms with Crippen LogP contribution in [0.4, 0.5) is 5.00 Å². The van der Waals surface area contributed by atoms with E-state index in [0.29, 0.717) is 30.0 Å². The zero-order valence-corrected chi connectivity index (χ0v) is 18.3. The minimum atomic E-state index is -0.460. The number of carbonyl (C=O) groups is 2. The van der Waals surface area contributed by atoms with Gasteiger partial charge < -0.3 is 15.8 Å². The molecule has 0 saturated carbocycles. The van der Waals surface area contributed by atoms with Crippen LogP contribution in [0.3, 0.4) is 0 Å². The summed E-state index contributed by atoms with van der Waals surface area (Å²) in [5, 5.41) is 3.47. The minimum Gasteiger partial charge on any atom is -0.494 e. The third-order valence-corrected chi connectivity index (χ3v) is 6.96. The summed E-state index contributed by atoms with van der Waals surface area (Å²) in [6, 6.07) is 8.18. The van der Waals surface area contributed by atoms with Crippen molar-refractivity contribution in [1.82, 2.24) is 0 Å². The van der Waals surface area contributed by atoms with Gasteiger partial charge >= 0.3 is 0 Å². The van der Waals surface area contributed by atoms with Gasteiger partial charge in [0, 0.05) is 11.3 Å². The van der Waals surface area contributed by atoms with E-state index in [1.165, 1.54) is 21.8 Å². The zero-order chi connectivity index (χ0) is 21.0. The lowest BCUT2D eigenvalue weighted by Gasteiger charge is -2.23. The quantitative estimate of drug-likeness (QED) is 0.577. The van der Waals surface area contributed by atoms with Crippen molar-refractivity contribution in [2.75, 3.05) is 11.9 Å². The van der Waals surface area contributed by atoms with Gasteiger partial charge in [-0.1, -0.05) is 32.9 Å². The summed E-state index contributed by atoms with van der Waals surface area (Å²) in [5.74, 6) is 0.237. The molecule has 1 aromatic heterocycles. The summed E-state index contributed by atoms with van der Waals surface area (Å²) in [6.45, 7) is 7.11. The third kappa shape index (κ3) is 4.99. The molecule has 156 valence electrons. The van der Waals surface area contributed by atoms with Crippen LogP contribution in [0.1, 0.15) is 72.8 Å². The van der Waals surface area contributed by atoms with Gasteiger partial charge in [0.25, 0.3) is 5.91 Å². The van der Waals surface area contributed by atoms with Crippen molar-refractivity contribution >= 4 is 28.2 Å². The van der Waals surface area contributed by atoms with E-state index in [2.05, 4.69) is 38.2 Å². The Labute approximate surface area is 176 Å². The second-order valence-corrected chi connectivity index (χ2v) is 9.29. The van der Waals surface area contributed by atoms with Crippen LogP contribution in [-0.2, 0) is 23.1 Å². The van der Waals surface area contributed by atoms with E-state index in [9.17, 15) is 9.59 Å². The Morgan fingerprint density at radius 2 is 1.93 bits per heavy atom. The molecule has 1 aliphatic rings. The number of amides is 2. The van der Waals surface area contributed by atoms with Crippen LogP contribution in [0.2, 0.25) is 0 Å².